The molecule has 2 aliphatic heterocycles. The van der Waals surface area contributed by atoms with Crippen molar-refractivity contribution in [1.29, 1.82) is 0 Å². The molecule has 8 heteroatoms. The summed E-state index contributed by atoms with van der Waals surface area (Å²) in [5.41, 5.74) is 0.993. The van der Waals surface area contributed by atoms with Crippen LogP contribution in [0.15, 0.2) is 66.9 Å². The summed E-state index contributed by atoms with van der Waals surface area (Å²) < 4.78 is 19.8. The number of hydrogen-bond donors (Lipinski definition) is 1. The van der Waals surface area contributed by atoms with E-state index in [1.54, 1.807) is 31.3 Å². The highest BCUT2D eigenvalue weighted by Gasteiger charge is 2.43. The third kappa shape index (κ3) is 5.01. The predicted molar refractivity (Wildman–Crippen MR) is 139 cm³/mol. The van der Waals surface area contributed by atoms with Crippen LogP contribution in [0.2, 0.25) is 5.02 Å². The molecule has 0 saturated carbocycles. The van der Waals surface area contributed by atoms with Gasteiger partial charge in [0.25, 0.3) is 5.91 Å². The van der Waals surface area contributed by atoms with E-state index in [2.05, 4.69) is 34.1 Å². The predicted octanol–water partition coefficient (Wildman–Crippen LogP) is 4.48. The van der Waals surface area contributed by atoms with Gasteiger partial charge in [-0.1, -0.05) is 48.0 Å². The fraction of sp³-hybridized carbons (Fsp3) is 0.379. The molecule has 2 aromatic carbocycles. The van der Waals surface area contributed by atoms with E-state index >= 15 is 0 Å². The van der Waals surface area contributed by atoms with Crippen LogP contribution in [0, 0.1) is 5.95 Å². The molecule has 1 fully saturated rings. The molecular weight excluding hydrogens is 493 g/mol. The number of rotatable bonds is 7. The molecule has 3 aromatic rings. The summed E-state index contributed by atoms with van der Waals surface area (Å²) in [4.78, 5) is 21.2. The minimum atomic E-state index is -2.01. The van der Waals surface area contributed by atoms with Crippen molar-refractivity contribution in [1.82, 2.24) is 14.8 Å². The van der Waals surface area contributed by atoms with Crippen LogP contribution >= 0.6 is 11.6 Å². The van der Waals surface area contributed by atoms with Crippen molar-refractivity contribution in [3.05, 3.63) is 100 Å². The lowest BCUT2D eigenvalue weighted by Crippen LogP contribution is -2.47. The molecule has 0 bridgehead atoms. The Balaban J connectivity index is 1.21. The molecule has 37 heavy (non-hydrogen) atoms. The first-order valence-electron chi connectivity index (χ1n) is 12.6. The molecule has 1 atom stereocenters. The van der Waals surface area contributed by atoms with Crippen molar-refractivity contribution in [3.8, 4) is 0 Å². The Labute approximate surface area is 221 Å². The molecule has 3 heterocycles. The van der Waals surface area contributed by atoms with Gasteiger partial charge in [-0.25, -0.2) is 4.98 Å². The molecule has 1 spiro atoms. The summed E-state index contributed by atoms with van der Waals surface area (Å²) in [5.74, 6) is -1.19. The average Bonchev–Trinajstić information content (AvgIpc) is 3.27. The van der Waals surface area contributed by atoms with E-state index in [0.717, 1.165) is 45.0 Å². The number of likely N-dealkylation sites (N-methyl/N-ethyl adjacent to an activating group) is 1. The van der Waals surface area contributed by atoms with E-state index in [4.69, 9.17) is 16.3 Å². The van der Waals surface area contributed by atoms with Crippen molar-refractivity contribution in [2.24, 2.45) is 0 Å². The number of carbonyl (C=O) groups excluding carboxylic acids is 1. The van der Waals surface area contributed by atoms with Gasteiger partial charge >= 0.3 is 0 Å². The molecule has 1 aromatic heterocycles. The van der Waals surface area contributed by atoms with Gasteiger partial charge in [-0.3, -0.25) is 4.79 Å². The Morgan fingerprint density at radius 2 is 1.84 bits per heavy atom. The minimum Gasteiger partial charge on any atom is -0.372 e. The van der Waals surface area contributed by atoms with Crippen molar-refractivity contribution >= 4 is 17.5 Å². The first-order valence-corrected chi connectivity index (χ1v) is 13.0. The molecule has 0 radical (unpaired) electrons. The summed E-state index contributed by atoms with van der Waals surface area (Å²) in [7, 11) is 1.68. The molecule has 194 valence electrons. The maximum absolute atomic E-state index is 13.6. The Bertz CT molecular complexity index is 1200. The number of benzene rings is 2. The lowest BCUT2D eigenvalue weighted by Gasteiger charge is -2.39. The van der Waals surface area contributed by atoms with Crippen LogP contribution in [0.3, 0.4) is 0 Å². The second-order valence-corrected chi connectivity index (χ2v) is 10.4. The van der Waals surface area contributed by atoms with Gasteiger partial charge in [-0.2, -0.15) is 4.39 Å². The highest BCUT2D eigenvalue weighted by molar-refractivity contribution is 6.30. The summed E-state index contributed by atoms with van der Waals surface area (Å²) in [6.45, 7) is 3.85. The third-order valence-corrected chi connectivity index (χ3v) is 7.96. The minimum absolute atomic E-state index is 0.169. The standard InChI is InChI=1S/C29H31ClFN3O3/c1-33(15-4-16-34-17-13-28(14-18-34)25-6-3-2-5-21(25)20-37-28)27(35)29(36,22-7-10-24(30)11-8-22)23-9-12-26(31)32-19-23/h2-3,5-12,19,36H,4,13-18,20H2,1H3. The second-order valence-electron chi connectivity index (χ2n) is 9.95. The number of halogens is 2. The topological polar surface area (TPSA) is 65.9 Å². The van der Waals surface area contributed by atoms with Gasteiger partial charge in [0.15, 0.2) is 5.60 Å². The maximum Gasteiger partial charge on any atom is 0.263 e. The zero-order valence-electron chi connectivity index (χ0n) is 20.9. The van der Waals surface area contributed by atoms with Gasteiger partial charge in [-0.05, 0) is 66.8 Å². The van der Waals surface area contributed by atoms with Crippen LogP contribution in [0.1, 0.15) is 41.5 Å². The van der Waals surface area contributed by atoms with Gasteiger partial charge in [0.1, 0.15) is 0 Å². The fourth-order valence-corrected chi connectivity index (χ4v) is 5.67. The van der Waals surface area contributed by atoms with Crippen LogP contribution in [-0.4, -0.2) is 59.0 Å². The highest BCUT2D eigenvalue weighted by Crippen LogP contribution is 2.44. The van der Waals surface area contributed by atoms with E-state index in [9.17, 15) is 14.3 Å². The largest absolute Gasteiger partial charge is 0.372 e. The molecule has 1 unspecified atom stereocenters. The lowest BCUT2D eigenvalue weighted by atomic mass is 9.84. The first-order chi connectivity index (χ1) is 17.8. The van der Waals surface area contributed by atoms with E-state index in [-0.39, 0.29) is 11.2 Å². The molecule has 5 rings (SSSR count). The number of pyridine rings is 1. The number of amides is 1. The molecule has 2 aliphatic rings. The quantitative estimate of drug-likeness (QED) is 0.463. The van der Waals surface area contributed by atoms with Crippen molar-refractivity contribution in [3.63, 3.8) is 0 Å². The average molecular weight is 524 g/mol. The van der Waals surface area contributed by atoms with Gasteiger partial charge in [0.05, 0.1) is 12.2 Å². The zero-order valence-corrected chi connectivity index (χ0v) is 21.6. The molecule has 1 saturated heterocycles. The summed E-state index contributed by atoms with van der Waals surface area (Å²) in [6.07, 6.45) is 3.85. The molecule has 6 nitrogen and oxygen atoms in total. The zero-order chi connectivity index (χ0) is 26.0. The Morgan fingerprint density at radius 3 is 2.54 bits per heavy atom. The van der Waals surface area contributed by atoms with Crippen molar-refractivity contribution in [2.45, 2.75) is 37.1 Å². The van der Waals surface area contributed by atoms with Gasteiger partial charge in [0, 0.05) is 43.5 Å². The number of piperidine rings is 1. The summed E-state index contributed by atoms with van der Waals surface area (Å²) in [5, 5.41) is 12.2. The number of ether oxygens (including phenoxy) is 1. The highest BCUT2D eigenvalue weighted by atomic mass is 35.5. The third-order valence-electron chi connectivity index (χ3n) is 7.71. The van der Waals surface area contributed by atoms with E-state index < -0.39 is 17.5 Å². The van der Waals surface area contributed by atoms with Crippen LogP contribution in [0.5, 0.6) is 0 Å². The molecule has 0 aliphatic carbocycles. The Kier molecular flexibility index (Phi) is 7.32. The Morgan fingerprint density at radius 1 is 1.14 bits per heavy atom. The lowest BCUT2D eigenvalue weighted by molar-refractivity contribution is -0.146. The normalized spacial score (nSPS) is 18.4. The van der Waals surface area contributed by atoms with Gasteiger partial charge < -0.3 is 19.6 Å². The number of nitrogens with zero attached hydrogens (tertiary/aromatic N) is 3. The molecule has 1 N–H and O–H groups in total. The fourth-order valence-electron chi connectivity index (χ4n) is 5.54. The maximum atomic E-state index is 13.6. The first kappa shape index (κ1) is 25.8. The number of carbonyl (C=O) groups is 1. The van der Waals surface area contributed by atoms with E-state index in [1.165, 1.54) is 28.3 Å². The smallest absolute Gasteiger partial charge is 0.263 e. The summed E-state index contributed by atoms with van der Waals surface area (Å²) in [6, 6.07) is 17.4. The van der Waals surface area contributed by atoms with E-state index in [1.807, 2.05) is 0 Å². The van der Waals surface area contributed by atoms with Crippen molar-refractivity contribution in [2.75, 3.05) is 33.2 Å². The second kappa shape index (κ2) is 10.5. The van der Waals surface area contributed by atoms with Crippen LogP contribution in [0.25, 0.3) is 0 Å². The number of hydrogen-bond acceptors (Lipinski definition) is 5. The van der Waals surface area contributed by atoms with Gasteiger partial charge in [-0.15, -0.1) is 0 Å². The summed E-state index contributed by atoms with van der Waals surface area (Å²) >= 11 is 6.03. The van der Waals surface area contributed by atoms with Crippen LogP contribution in [0.4, 0.5) is 4.39 Å². The number of likely N-dealkylation sites (tertiary alicyclic amines) is 1. The van der Waals surface area contributed by atoms with Crippen LogP contribution < -0.4 is 0 Å². The van der Waals surface area contributed by atoms with Crippen molar-refractivity contribution < 1.29 is 19.0 Å². The van der Waals surface area contributed by atoms with E-state index in [0.29, 0.717) is 23.7 Å². The molecule has 1 amide bonds. The number of aromatic nitrogens is 1. The molecular formula is C29H31ClFN3O3. The van der Waals surface area contributed by atoms with Gasteiger partial charge in [0.2, 0.25) is 5.95 Å². The number of aliphatic hydroxyl groups is 1. The Hall–Kier alpha value is -2.84. The monoisotopic (exact) mass is 523 g/mol. The van der Waals surface area contributed by atoms with Crippen LogP contribution in [-0.2, 0) is 27.3 Å². The number of fused-ring (bicyclic) bond motifs is 2. The SMILES string of the molecule is CN(CCCN1CCC2(CC1)OCc1ccccc12)C(=O)C(O)(c1ccc(Cl)cc1)c1ccc(F)nc1.